The molecule has 0 aromatic rings. The molecule has 1 unspecified atom stereocenters. The van der Waals surface area contributed by atoms with Crippen molar-refractivity contribution in [3.8, 4) is 0 Å². The Kier molecular flexibility index (Phi) is 4.36. The number of carbonyl (C=O) groups is 3. The van der Waals surface area contributed by atoms with Gasteiger partial charge in [0.05, 0.1) is 5.75 Å². The first-order valence-corrected chi connectivity index (χ1v) is 7.55. The summed E-state index contributed by atoms with van der Waals surface area (Å²) >= 11 is 1.15. The highest BCUT2D eigenvalue weighted by Gasteiger charge is 2.53. The lowest BCUT2D eigenvalue weighted by Gasteiger charge is -2.30. The average molecular weight is 324 g/mol. The zero-order valence-corrected chi connectivity index (χ0v) is 13.5. The van der Waals surface area contributed by atoms with Crippen molar-refractivity contribution in [3.63, 3.8) is 0 Å². The minimum atomic E-state index is -0.681. The lowest BCUT2D eigenvalue weighted by atomic mass is 10.1. The van der Waals surface area contributed by atoms with Crippen LogP contribution in [0.5, 0.6) is 0 Å². The molecule has 0 bridgehead atoms. The second-order valence-corrected chi connectivity index (χ2v) is 6.18. The third kappa shape index (κ3) is 2.76. The Morgan fingerprint density at radius 1 is 1.41 bits per heavy atom. The fourth-order valence-corrected chi connectivity index (χ4v) is 3.04. The third-order valence-corrected chi connectivity index (χ3v) is 4.29. The predicted octanol–water partition coefficient (Wildman–Crippen LogP) is -0.546. The van der Waals surface area contributed by atoms with E-state index in [-0.39, 0.29) is 11.7 Å². The SMILES string of the molecule is C=C(C)C[N+]1=C(SCC(N)=O)N=C2C1C(=O)N(C)C(=O)N2C. The highest BCUT2D eigenvalue weighted by atomic mass is 32.2. The lowest BCUT2D eigenvalue weighted by Crippen LogP contribution is -2.61. The van der Waals surface area contributed by atoms with Crippen LogP contribution in [0.3, 0.4) is 0 Å². The molecule has 0 aliphatic carbocycles. The standard InChI is InChI=1S/C13H17N5O3S/c1-7(2)5-18-9-10(15-12(18)22-6-8(14)19)16(3)13(21)17(4)11(9)20/h9H,1,5-6H2,2-4H3,(H-,14,19)/p+1. The largest absolute Gasteiger partial charge is 0.369 e. The summed E-state index contributed by atoms with van der Waals surface area (Å²) in [5, 5.41) is 0.491. The number of amides is 4. The molecule has 8 nitrogen and oxygen atoms in total. The monoisotopic (exact) mass is 324 g/mol. The molecule has 118 valence electrons. The number of imide groups is 1. The number of fused-ring (bicyclic) bond motifs is 1. The Hall–Kier alpha value is -2.16. The van der Waals surface area contributed by atoms with Gasteiger partial charge in [0.25, 0.3) is 17.8 Å². The lowest BCUT2D eigenvalue weighted by molar-refractivity contribution is -0.524. The van der Waals surface area contributed by atoms with Gasteiger partial charge >= 0.3 is 11.2 Å². The zero-order chi connectivity index (χ0) is 16.6. The second-order valence-electron chi connectivity index (χ2n) is 5.23. The van der Waals surface area contributed by atoms with E-state index in [1.165, 1.54) is 11.9 Å². The summed E-state index contributed by atoms with van der Waals surface area (Å²) < 4.78 is 1.74. The Morgan fingerprint density at radius 3 is 2.59 bits per heavy atom. The number of nitrogens with zero attached hydrogens (tertiary/aromatic N) is 4. The fourth-order valence-electron chi connectivity index (χ4n) is 2.28. The first-order chi connectivity index (χ1) is 10.2. The van der Waals surface area contributed by atoms with Crippen LogP contribution in [0.15, 0.2) is 17.1 Å². The number of hydrogen-bond donors (Lipinski definition) is 1. The molecule has 1 fully saturated rings. The van der Waals surface area contributed by atoms with E-state index in [0.29, 0.717) is 17.5 Å². The van der Waals surface area contributed by atoms with Crippen LogP contribution in [0.1, 0.15) is 6.92 Å². The van der Waals surface area contributed by atoms with Crippen LogP contribution >= 0.6 is 11.8 Å². The number of rotatable bonds is 4. The second kappa shape index (κ2) is 5.91. The van der Waals surface area contributed by atoms with Crippen LogP contribution in [0.25, 0.3) is 0 Å². The predicted molar refractivity (Wildman–Crippen MR) is 83.8 cm³/mol. The highest BCUT2D eigenvalue weighted by Crippen LogP contribution is 2.23. The molecule has 0 radical (unpaired) electrons. The molecule has 9 heteroatoms. The zero-order valence-electron chi connectivity index (χ0n) is 12.7. The summed E-state index contributed by atoms with van der Waals surface area (Å²) in [6.07, 6.45) is 0. The first-order valence-electron chi connectivity index (χ1n) is 6.57. The molecule has 0 saturated carbocycles. The van der Waals surface area contributed by atoms with E-state index in [4.69, 9.17) is 5.73 Å². The van der Waals surface area contributed by atoms with Crippen LogP contribution in [-0.4, -0.2) is 75.7 Å². The maximum absolute atomic E-state index is 12.5. The van der Waals surface area contributed by atoms with Crippen LogP contribution in [-0.2, 0) is 9.59 Å². The van der Waals surface area contributed by atoms with E-state index >= 15 is 0 Å². The number of urea groups is 1. The average Bonchev–Trinajstić information content (AvgIpc) is 2.78. The summed E-state index contributed by atoms with van der Waals surface area (Å²) in [6.45, 7) is 6.09. The van der Waals surface area contributed by atoms with E-state index in [1.54, 1.807) is 11.6 Å². The van der Waals surface area contributed by atoms with Gasteiger partial charge in [-0.1, -0.05) is 6.58 Å². The molecule has 0 aromatic carbocycles. The Morgan fingerprint density at radius 2 is 2.05 bits per heavy atom. The highest BCUT2D eigenvalue weighted by molar-refractivity contribution is 8.14. The maximum atomic E-state index is 12.5. The molecular formula is C13H18N5O3S+. The smallest absolute Gasteiger partial charge is 0.358 e. The number of nitrogens with two attached hydrogens (primary N) is 1. The van der Waals surface area contributed by atoms with Crippen molar-refractivity contribution in [3.05, 3.63) is 12.2 Å². The minimum absolute atomic E-state index is 0.0488. The molecule has 1 saturated heterocycles. The molecule has 22 heavy (non-hydrogen) atoms. The van der Waals surface area contributed by atoms with Crippen molar-refractivity contribution in [2.24, 2.45) is 10.7 Å². The molecule has 4 amide bonds. The third-order valence-electron chi connectivity index (χ3n) is 3.28. The molecule has 1 atom stereocenters. The molecule has 2 heterocycles. The maximum Gasteiger partial charge on any atom is 0.358 e. The fraction of sp³-hybridized carbons (Fsp3) is 0.462. The van der Waals surface area contributed by atoms with E-state index in [9.17, 15) is 14.4 Å². The Balaban J connectivity index is 2.42. The number of aliphatic imine (C=N–C) groups is 1. The van der Waals surface area contributed by atoms with Gasteiger partial charge in [0, 0.05) is 14.1 Å². The number of primary amides is 1. The summed E-state index contributed by atoms with van der Waals surface area (Å²) in [5.41, 5.74) is 6.00. The summed E-state index contributed by atoms with van der Waals surface area (Å²) in [5.74, 6) is -0.414. The van der Waals surface area contributed by atoms with Crippen LogP contribution < -0.4 is 5.73 Å². The Bertz CT molecular complexity index is 640. The molecule has 0 aromatic heterocycles. The normalized spacial score (nSPS) is 21.2. The van der Waals surface area contributed by atoms with Crippen molar-refractivity contribution < 1.29 is 19.0 Å². The van der Waals surface area contributed by atoms with Crippen molar-refractivity contribution in [2.45, 2.75) is 13.0 Å². The quantitative estimate of drug-likeness (QED) is 0.554. The van der Waals surface area contributed by atoms with Gasteiger partial charge < -0.3 is 5.73 Å². The number of likely N-dealkylation sites (N-methyl/N-ethyl adjacent to an activating group) is 2. The van der Waals surface area contributed by atoms with Gasteiger partial charge in [-0.3, -0.25) is 19.4 Å². The van der Waals surface area contributed by atoms with Crippen molar-refractivity contribution >= 4 is 40.6 Å². The molecule has 2 rings (SSSR count). The van der Waals surface area contributed by atoms with Gasteiger partial charge in [0.15, 0.2) is 0 Å². The number of carbonyl (C=O) groups excluding carboxylic acids is 3. The van der Waals surface area contributed by atoms with E-state index in [2.05, 4.69) is 11.6 Å². The number of hydrogen-bond acceptors (Lipinski definition) is 5. The van der Waals surface area contributed by atoms with Gasteiger partial charge in [-0.15, -0.1) is 0 Å². The first kappa shape index (κ1) is 16.2. The number of thioether (sulfide) groups is 1. The van der Waals surface area contributed by atoms with E-state index in [0.717, 1.165) is 22.2 Å². The van der Waals surface area contributed by atoms with E-state index in [1.807, 2.05) is 6.92 Å². The van der Waals surface area contributed by atoms with Gasteiger partial charge in [-0.2, -0.15) is 0 Å². The molecule has 2 aliphatic heterocycles. The van der Waals surface area contributed by atoms with Gasteiger partial charge in [0.1, 0.15) is 6.54 Å². The van der Waals surface area contributed by atoms with Gasteiger partial charge in [-0.25, -0.2) is 9.37 Å². The number of amidine groups is 2. The van der Waals surface area contributed by atoms with Crippen LogP contribution in [0.4, 0.5) is 4.79 Å². The summed E-state index contributed by atoms with van der Waals surface area (Å²) in [7, 11) is 3.00. The van der Waals surface area contributed by atoms with Gasteiger partial charge in [-0.05, 0) is 29.3 Å². The topological polar surface area (TPSA) is 99.1 Å². The van der Waals surface area contributed by atoms with Crippen LogP contribution in [0.2, 0.25) is 0 Å². The van der Waals surface area contributed by atoms with Crippen molar-refractivity contribution in [1.29, 1.82) is 0 Å². The van der Waals surface area contributed by atoms with Gasteiger partial charge in [0.2, 0.25) is 5.91 Å². The minimum Gasteiger partial charge on any atom is -0.369 e. The summed E-state index contributed by atoms with van der Waals surface area (Å²) in [4.78, 5) is 42.2. The van der Waals surface area contributed by atoms with Crippen LogP contribution in [0, 0.1) is 0 Å². The molecule has 2 N–H and O–H groups in total. The Labute approximate surface area is 132 Å². The van der Waals surface area contributed by atoms with E-state index < -0.39 is 18.0 Å². The van der Waals surface area contributed by atoms with Crippen molar-refractivity contribution in [1.82, 2.24) is 9.80 Å². The summed E-state index contributed by atoms with van der Waals surface area (Å²) in [6, 6.07) is -1.11. The molecule has 2 aliphatic rings. The molecule has 0 spiro atoms. The molecular weight excluding hydrogens is 306 g/mol. The van der Waals surface area contributed by atoms with Crippen molar-refractivity contribution in [2.75, 3.05) is 26.4 Å².